The monoisotopic (exact) mass is 530 g/mol. The first-order valence-corrected chi connectivity index (χ1v) is 15.3. The Hall–Kier alpha value is -3.73. The summed E-state index contributed by atoms with van der Waals surface area (Å²) >= 11 is 0. The highest BCUT2D eigenvalue weighted by molar-refractivity contribution is 7.75. The van der Waals surface area contributed by atoms with E-state index in [0.29, 0.717) is 0 Å². The standard InChI is InChI=1S/C14H13P.3C8H10/c1-2-15(13-9-5-3-6-10-13)14-11-7-4-8-12-14;3*1-2-8-6-4-3-5-7-8/h2-12H,1H2;3*3-7H,2H2,1H3. The van der Waals surface area contributed by atoms with Crippen LogP contribution in [-0.2, 0) is 19.3 Å². The highest BCUT2D eigenvalue weighted by atomic mass is 31.1. The van der Waals surface area contributed by atoms with Crippen LogP contribution >= 0.6 is 7.92 Å². The third kappa shape index (κ3) is 13.1. The minimum Gasteiger partial charge on any atom is -0.0980 e. The van der Waals surface area contributed by atoms with Gasteiger partial charge in [-0.3, -0.25) is 0 Å². The molecular weight excluding hydrogens is 487 g/mol. The van der Waals surface area contributed by atoms with Gasteiger partial charge in [-0.2, -0.15) is 0 Å². The van der Waals surface area contributed by atoms with Crippen LogP contribution in [0.15, 0.2) is 164 Å². The lowest BCUT2D eigenvalue weighted by atomic mass is 10.2. The van der Waals surface area contributed by atoms with Crippen LogP contribution in [0.4, 0.5) is 0 Å². The van der Waals surface area contributed by atoms with E-state index in [1.165, 1.54) is 27.3 Å². The van der Waals surface area contributed by atoms with Gasteiger partial charge in [0.05, 0.1) is 0 Å². The zero-order valence-electron chi connectivity index (χ0n) is 23.8. The van der Waals surface area contributed by atoms with E-state index in [2.05, 4.69) is 154 Å². The summed E-state index contributed by atoms with van der Waals surface area (Å²) in [5.74, 6) is 2.06. The summed E-state index contributed by atoms with van der Waals surface area (Å²) in [4.78, 5) is 0. The summed E-state index contributed by atoms with van der Waals surface area (Å²) in [6.07, 6.45) is 3.42. The molecule has 0 fully saturated rings. The first kappa shape index (κ1) is 31.5. The van der Waals surface area contributed by atoms with Crippen molar-refractivity contribution < 1.29 is 0 Å². The molecule has 0 heterocycles. The van der Waals surface area contributed by atoms with E-state index in [1.54, 1.807) is 0 Å². The number of rotatable bonds is 6. The van der Waals surface area contributed by atoms with Crippen molar-refractivity contribution in [3.8, 4) is 0 Å². The first-order chi connectivity index (χ1) is 19.2. The quantitative estimate of drug-likeness (QED) is 0.192. The Morgan fingerprint density at radius 2 is 0.641 bits per heavy atom. The van der Waals surface area contributed by atoms with Crippen molar-refractivity contribution in [1.29, 1.82) is 0 Å². The zero-order valence-corrected chi connectivity index (χ0v) is 24.7. The molecule has 39 heavy (non-hydrogen) atoms. The summed E-state index contributed by atoms with van der Waals surface area (Å²) in [6, 6.07) is 52.4. The highest BCUT2D eigenvalue weighted by Gasteiger charge is 2.07. The molecule has 5 rings (SSSR count). The fourth-order valence-electron chi connectivity index (χ4n) is 3.68. The Bertz CT molecular complexity index is 1100. The molecule has 0 atom stereocenters. The number of aryl methyl sites for hydroxylation is 3. The van der Waals surface area contributed by atoms with E-state index in [9.17, 15) is 0 Å². The van der Waals surface area contributed by atoms with E-state index in [-0.39, 0.29) is 7.92 Å². The zero-order chi connectivity index (χ0) is 28.0. The molecule has 0 aliphatic heterocycles. The molecule has 0 N–H and O–H groups in total. The number of hydrogen-bond donors (Lipinski definition) is 0. The topological polar surface area (TPSA) is 0 Å². The van der Waals surface area contributed by atoms with Gasteiger partial charge >= 0.3 is 0 Å². The molecular formula is C38H43P. The highest BCUT2D eigenvalue weighted by Crippen LogP contribution is 2.33. The molecule has 0 amide bonds. The fraction of sp³-hybridized carbons (Fsp3) is 0.158. The van der Waals surface area contributed by atoms with Crippen molar-refractivity contribution in [2.45, 2.75) is 40.0 Å². The van der Waals surface area contributed by atoms with Crippen molar-refractivity contribution in [3.05, 3.63) is 181 Å². The summed E-state index contributed by atoms with van der Waals surface area (Å²) in [5, 5.41) is 2.71. The van der Waals surface area contributed by atoms with Crippen LogP contribution in [0.5, 0.6) is 0 Å². The van der Waals surface area contributed by atoms with Crippen LogP contribution < -0.4 is 10.6 Å². The Morgan fingerprint density at radius 3 is 0.821 bits per heavy atom. The van der Waals surface area contributed by atoms with Gasteiger partial charge in [-0.1, -0.05) is 185 Å². The largest absolute Gasteiger partial charge is 0.0980 e. The molecule has 0 unspecified atom stereocenters. The average molecular weight is 531 g/mol. The summed E-state index contributed by atoms with van der Waals surface area (Å²) in [7, 11) is -0.385. The van der Waals surface area contributed by atoms with E-state index in [4.69, 9.17) is 0 Å². The lowest BCUT2D eigenvalue weighted by molar-refractivity contribution is 1.14. The summed E-state index contributed by atoms with van der Waals surface area (Å²) < 4.78 is 0. The van der Waals surface area contributed by atoms with E-state index >= 15 is 0 Å². The van der Waals surface area contributed by atoms with Gasteiger partial charge in [-0.15, -0.1) is 0 Å². The lowest BCUT2D eigenvalue weighted by Gasteiger charge is -2.13. The van der Waals surface area contributed by atoms with Crippen LogP contribution in [0.25, 0.3) is 0 Å². The van der Waals surface area contributed by atoms with Gasteiger partial charge in [0.2, 0.25) is 0 Å². The van der Waals surface area contributed by atoms with Crippen molar-refractivity contribution >= 4 is 18.5 Å². The second-order valence-electron chi connectivity index (χ2n) is 8.74. The number of benzene rings is 5. The molecule has 0 nitrogen and oxygen atoms in total. The first-order valence-electron chi connectivity index (χ1n) is 13.8. The maximum atomic E-state index is 3.94. The Labute approximate surface area is 238 Å². The molecule has 0 saturated carbocycles. The Morgan fingerprint density at radius 1 is 0.410 bits per heavy atom. The second kappa shape index (κ2) is 20.3. The van der Waals surface area contributed by atoms with Crippen molar-refractivity contribution in [1.82, 2.24) is 0 Å². The normalized spacial score (nSPS) is 9.54. The van der Waals surface area contributed by atoms with Crippen molar-refractivity contribution in [2.75, 3.05) is 0 Å². The van der Waals surface area contributed by atoms with E-state index < -0.39 is 0 Å². The van der Waals surface area contributed by atoms with Gasteiger partial charge < -0.3 is 0 Å². The van der Waals surface area contributed by atoms with E-state index in [0.717, 1.165) is 19.3 Å². The van der Waals surface area contributed by atoms with Crippen LogP contribution in [0, 0.1) is 0 Å². The molecule has 0 saturated heterocycles. The fourth-order valence-corrected chi connectivity index (χ4v) is 5.38. The van der Waals surface area contributed by atoms with Crippen LogP contribution in [-0.4, -0.2) is 0 Å². The van der Waals surface area contributed by atoms with Gasteiger partial charge in [-0.25, -0.2) is 0 Å². The molecule has 0 aliphatic rings. The predicted molar refractivity (Wildman–Crippen MR) is 177 cm³/mol. The number of hydrogen-bond acceptors (Lipinski definition) is 0. The lowest BCUT2D eigenvalue weighted by Crippen LogP contribution is -2.08. The molecule has 0 aromatic heterocycles. The minimum atomic E-state index is -0.385. The van der Waals surface area contributed by atoms with Crippen LogP contribution in [0.2, 0.25) is 0 Å². The summed E-state index contributed by atoms with van der Waals surface area (Å²) in [5.41, 5.74) is 4.23. The molecule has 0 aliphatic carbocycles. The third-order valence-electron chi connectivity index (χ3n) is 6.00. The maximum absolute atomic E-state index is 3.94. The van der Waals surface area contributed by atoms with Gasteiger partial charge in [0.25, 0.3) is 0 Å². The minimum absolute atomic E-state index is 0.385. The van der Waals surface area contributed by atoms with E-state index in [1.807, 2.05) is 30.3 Å². The van der Waals surface area contributed by atoms with Crippen molar-refractivity contribution in [3.63, 3.8) is 0 Å². The van der Waals surface area contributed by atoms with Gasteiger partial charge in [0.1, 0.15) is 0 Å². The summed E-state index contributed by atoms with van der Waals surface area (Å²) in [6.45, 7) is 10.4. The SMILES string of the molecule is C=CP(c1ccccc1)c1ccccc1.CCc1ccccc1.CCc1ccccc1.CCc1ccccc1. The third-order valence-corrected chi connectivity index (χ3v) is 8.08. The molecule has 200 valence electrons. The average Bonchev–Trinajstić information content (AvgIpc) is 3.04. The molecule has 5 aromatic rings. The molecule has 0 radical (unpaired) electrons. The van der Waals surface area contributed by atoms with Crippen LogP contribution in [0.1, 0.15) is 37.5 Å². The van der Waals surface area contributed by atoms with Gasteiger partial charge in [-0.05, 0) is 54.5 Å². The molecule has 1 heteroatoms. The van der Waals surface area contributed by atoms with Gasteiger partial charge in [0, 0.05) is 0 Å². The smallest absolute Gasteiger partial charge is 0.0157 e. The Kier molecular flexibility index (Phi) is 16.4. The molecule has 0 spiro atoms. The molecule has 5 aromatic carbocycles. The molecule has 0 bridgehead atoms. The predicted octanol–water partition coefficient (Wildman–Crippen LogP) is 10.0. The second-order valence-corrected chi connectivity index (χ2v) is 10.9. The van der Waals surface area contributed by atoms with Crippen molar-refractivity contribution in [2.24, 2.45) is 0 Å². The maximum Gasteiger partial charge on any atom is -0.0157 e. The Balaban J connectivity index is 0.000000192. The van der Waals surface area contributed by atoms with Crippen LogP contribution in [0.3, 0.4) is 0 Å². The van der Waals surface area contributed by atoms with Gasteiger partial charge in [0.15, 0.2) is 0 Å².